The van der Waals surface area contributed by atoms with Crippen LogP contribution in [-0.4, -0.2) is 19.6 Å². The van der Waals surface area contributed by atoms with E-state index in [1.165, 1.54) is 5.56 Å². The fourth-order valence-electron chi connectivity index (χ4n) is 6.25. The van der Waals surface area contributed by atoms with Crippen molar-refractivity contribution in [2.45, 2.75) is 26.2 Å². The fraction of sp³-hybridized carbons (Fsp3) is 0.0952. The molecular weight excluding hydrogens is 578 g/mol. The van der Waals surface area contributed by atoms with Gasteiger partial charge in [0.2, 0.25) is 5.88 Å². The van der Waals surface area contributed by atoms with E-state index in [1.807, 2.05) is 54.7 Å². The van der Waals surface area contributed by atoms with Gasteiger partial charge >= 0.3 is 0 Å². The van der Waals surface area contributed by atoms with Crippen LogP contribution in [0.25, 0.3) is 60.8 Å². The van der Waals surface area contributed by atoms with Crippen LogP contribution >= 0.6 is 0 Å². The smallest absolute Gasteiger partial charge is 0.219 e. The number of phenols is 1. The zero-order chi connectivity index (χ0) is 32.1. The highest BCUT2D eigenvalue weighted by atomic mass is 16.5. The molecule has 0 aliphatic carbocycles. The average molecular weight is 612 g/mol. The van der Waals surface area contributed by atoms with E-state index in [0.29, 0.717) is 17.1 Å². The van der Waals surface area contributed by atoms with Gasteiger partial charge in [-0.2, -0.15) is 0 Å². The van der Waals surface area contributed by atoms with Crippen LogP contribution in [0.5, 0.6) is 17.4 Å². The normalized spacial score (nSPS) is 11.8. The van der Waals surface area contributed by atoms with E-state index in [2.05, 4.69) is 109 Å². The standard InChI is InChI=1S/C42H33N3O2/c1-42(2,3)32-22-30-16-21-40(44-41(30)38(46)24-32)47-33-17-18-34-35-23-29(27-10-6-4-7-11-27)14-19-36(35)45(37(34)25-33)39-20-15-31(26-43-39)28-12-8-5-9-13-28/h4-26,46H,1-3H3. The Labute approximate surface area is 273 Å². The van der Waals surface area contributed by atoms with E-state index >= 15 is 0 Å². The van der Waals surface area contributed by atoms with Gasteiger partial charge in [-0.25, -0.2) is 9.97 Å². The Kier molecular flexibility index (Phi) is 6.76. The molecule has 0 aliphatic heterocycles. The highest BCUT2D eigenvalue weighted by Gasteiger charge is 2.18. The topological polar surface area (TPSA) is 60.2 Å². The van der Waals surface area contributed by atoms with Crippen LogP contribution in [0.1, 0.15) is 26.3 Å². The first-order valence-electron chi connectivity index (χ1n) is 15.8. The Morgan fingerprint density at radius 2 is 1.34 bits per heavy atom. The van der Waals surface area contributed by atoms with Crippen LogP contribution in [0.3, 0.4) is 0 Å². The van der Waals surface area contributed by atoms with Crippen LogP contribution in [0.2, 0.25) is 0 Å². The molecule has 5 nitrogen and oxygen atoms in total. The lowest BCUT2D eigenvalue weighted by Crippen LogP contribution is -2.10. The largest absolute Gasteiger partial charge is 0.506 e. The molecule has 0 saturated carbocycles. The lowest BCUT2D eigenvalue weighted by molar-refractivity contribution is 0.459. The Balaban J connectivity index is 1.24. The SMILES string of the molecule is CC(C)(C)c1cc(O)c2nc(Oc3ccc4c5cc(-c6ccccc6)ccc5n(-c5ccc(-c6ccccc6)cn5)c4c3)ccc2c1. The van der Waals surface area contributed by atoms with E-state index in [0.717, 1.165) is 55.3 Å². The minimum atomic E-state index is -0.0900. The summed E-state index contributed by atoms with van der Waals surface area (Å²) in [4.78, 5) is 9.63. The van der Waals surface area contributed by atoms with Gasteiger partial charge in [0, 0.05) is 40.1 Å². The summed E-state index contributed by atoms with van der Waals surface area (Å²) in [7, 11) is 0. The highest BCUT2D eigenvalue weighted by molar-refractivity contribution is 6.10. The van der Waals surface area contributed by atoms with Gasteiger partial charge in [0.25, 0.3) is 0 Å². The summed E-state index contributed by atoms with van der Waals surface area (Å²) in [5, 5.41) is 14.0. The highest BCUT2D eigenvalue weighted by Crippen LogP contribution is 2.38. The van der Waals surface area contributed by atoms with Crippen LogP contribution in [-0.2, 0) is 5.41 Å². The third-order valence-corrected chi connectivity index (χ3v) is 8.76. The van der Waals surface area contributed by atoms with Crippen molar-refractivity contribution < 1.29 is 9.84 Å². The molecule has 0 atom stereocenters. The second-order valence-corrected chi connectivity index (χ2v) is 13.0. The number of hydrogen-bond donors (Lipinski definition) is 1. The van der Waals surface area contributed by atoms with Gasteiger partial charge in [0.1, 0.15) is 22.8 Å². The lowest BCUT2D eigenvalue weighted by Gasteiger charge is -2.20. The Bertz CT molecular complexity index is 2410. The van der Waals surface area contributed by atoms with Gasteiger partial charge in [-0.3, -0.25) is 4.57 Å². The van der Waals surface area contributed by atoms with Crippen molar-refractivity contribution >= 4 is 32.7 Å². The molecule has 0 saturated heterocycles. The molecule has 8 aromatic rings. The van der Waals surface area contributed by atoms with E-state index < -0.39 is 0 Å². The second-order valence-electron chi connectivity index (χ2n) is 13.0. The molecule has 5 heteroatoms. The summed E-state index contributed by atoms with van der Waals surface area (Å²) in [5.41, 5.74) is 8.01. The minimum absolute atomic E-state index is 0.0900. The van der Waals surface area contributed by atoms with Crippen molar-refractivity contribution in [3.05, 3.63) is 145 Å². The van der Waals surface area contributed by atoms with Gasteiger partial charge in [-0.05, 0) is 82.3 Å². The first kappa shape index (κ1) is 28.5. The Morgan fingerprint density at radius 3 is 2.04 bits per heavy atom. The van der Waals surface area contributed by atoms with Crippen molar-refractivity contribution in [2.24, 2.45) is 0 Å². The monoisotopic (exact) mass is 611 g/mol. The van der Waals surface area contributed by atoms with Crippen molar-refractivity contribution in [2.75, 3.05) is 0 Å². The molecule has 0 radical (unpaired) electrons. The van der Waals surface area contributed by atoms with Crippen molar-refractivity contribution in [3.8, 4) is 45.5 Å². The number of ether oxygens (including phenoxy) is 1. The molecule has 0 amide bonds. The first-order chi connectivity index (χ1) is 22.8. The molecule has 3 heterocycles. The zero-order valence-corrected chi connectivity index (χ0v) is 26.5. The Morgan fingerprint density at radius 1 is 0.617 bits per heavy atom. The van der Waals surface area contributed by atoms with Crippen LogP contribution in [0.4, 0.5) is 0 Å². The van der Waals surface area contributed by atoms with Crippen LogP contribution < -0.4 is 4.74 Å². The lowest BCUT2D eigenvalue weighted by atomic mass is 9.86. The van der Waals surface area contributed by atoms with Gasteiger partial charge < -0.3 is 9.84 Å². The van der Waals surface area contributed by atoms with Crippen molar-refractivity contribution in [1.82, 2.24) is 14.5 Å². The molecule has 47 heavy (non-hydrogen) atoms. The summed E-state index contributed by atoms with van der Waals surface area (Å²) in [6.45, 7) is 6.39. The fourth-order valence-corrected chi connectivity index (χ4v) is 6.25. The second kappa shape index (κ2) is 11.1. The summed E-state index contributed by atoms with van der Waals surface area (Å²) in [6, 6.07) is 45.3. The number of phenolic OH excluding ortho intramolecular Hbond substituents is 1. The van der Waals surface area contributed by atoms with E-state index in [1.54, 1.807) is 6.07 Å². The van der Waals surface area contributed by atoms with E-state index in [4.69, 9.17) is 9.72 Å². The van der Waals surface area contributed by atoms with Gasteiger partial charge in [0.15, 0.2) is 0 Å². The zero-order valence-electron chi connectivity index (χ0n) is 26.5. The van der Waals surface area contributed by atoms with Crippen molar-refractivity contribution in [3.63, 3.8) is 0 Å². The molecule has 228 valence electrons. The molecule has 0 spiro atoms. The maximum atomic E-state index is 10.9. The van der Waals surface area contributed by atoms with Gasteiger partial charge in [-0.15, -0.1) is 0 Å². The summed E-state index contributed by atoms with van der Waals surface area (Å²) in [5.74, 6) is 2.02. The summed E-state index contributed by atoms with van der Waals surface area (Å²) < 4.78 is 8.54. The molecule has 8 rings (SSSR count). The van der Waals surface area contributed by atoms with Crippen LogP contribution in [0.15, 0.2) is 140 Å². The number of rotatable bonds is 5. The number of fused-ring (bicyclic) bond motifs is 4. The maximum Gasteiger partial charge on any atom is 0.219 e. The quantitative estimate of drug-likeness (QED) is 0.210. The Hall–Kier alpha value is -5.94. The molecular formula is C42H33N3O2. The predicted octanol–water partition coefficient (Wildman–Crippen LogP) is 10.9. The predicted molar refractivity (Wildman–Crippen MR) is 192 cm³/mol. The molecule has 1 N–H and O–H groups in total. The van der Waals surface area contributed by atoms with Gasteiger partial charge in [-0.1, -0.05) is 87.5 Å². The first-order valence-corrected chi connectivity index (χ1v) is 15.8. The maximum absolute atomic E-state index is 10.9. The van der Waals surface area contributed by atoms with Gasteiger partial charge in [0.05, 0.1) is 11.0 Å². The minimum Gasteiger partial charge on any atom is -0.506 e. The number of nitrogens with zero attached hydrogens (tertiary/aromatic N) is 3. The third kappa shape index (κ3) is 5.26. The molecule has 0 unspecified atom stereocenters. The molecule has 5 aromatic carbocycles. The molecule has 3 aromatic heterocycles. The molecule has 0 bridgehead atoms. The number of benzene rings is 5. The molecule has 0 aliphatic rings. The third-order valence-electron chi connectivity index (χ3n) is 8.76. The summed E-state index contributed by atoms with van der Waals surface area (Å²) in [6.07, 6.45) is 1.93. The van der Waals surface area contributed by atoms with Crippen molar-refractivity contribution in [1.29, 1.82) is 0 Å². The van der Waals surface area contributed by atoms with Crippen LogP contribution in [0, 0.1) is 0 Å². The molecule has 0 fully saturated rings. The number of hydrogen-bond acceptors (Lipinski definition) is 4. The van der Waals surface area contributed by atoms with E-state index in [-0.39, 0.29) is 11.2 Å². The number of pyridine rings is 2. The number of aromatic hydroxyl groups is 1. The number of aromatic nitrogens is 3. The van der Waals surface area contributed by atoms with E-state index in [9.17, 15) is 5.11 Å². The average Bonchev–Trinajstić information content (AvgIpc) is 3.42. The summed E-state index contributed by atoms with van der Waals surface area (Å²) >= 11 is 0.